The average molecular weight is 524 g/mol. The molecule has 0 unspecified atom stereocenters. The van der Waals surface area contributed by atoms with Crippen LogP contribution in [0, 0.1) is 18.3 Å². The number of nitriles is 1. The molecule has 0 N–H and O–H groups in total. The van der Waals surface area contributed by atoms with E-state index in [0.717, 1.165) is 33.5 Å². The standard InChI is InChI=1S/C38H25N3/c1-25-11-10-16-32(38(25)41-35-19-8-4-14-29(35)30-15-5-9-20-36(30)41)31-22-21-26(24-39)23-37(31)40-33-17-6-2-12-27(33)28-13-3-7-18-34(28)40/h2-23H,1H3. The van der Waals surface area contributed by atoms with E-state index in [0.29, 0.717) is 5.56 Å². The van der Waals surface area contributed by atoms with Crippen molar-refractivity contribution in [3.05, 3.63) is 145 Å². The van der Waals surface area contributed by atoms with Crippen molar-refractivity contribution >= 4 is 43.6 Å². The summed E-state index contributed by atoms with van der Waals surface area (Å²) in [6, 6.07) is 49.3. The molecule has 0 radical (unpaired) electrons. The highest BCUT2D eigenvalue weighted by molar-refractivity contribution is 6.11. The molecule has 0 aliphatic heterocycles. The molecule has 0 fully saturated rings. The highest BCUT2D eigenvalue weighted by Gasteiger charge is 2.21. The fourth-order valence-corrected chi connectivity index (χ4v) is 6.53. The van der Waals surface area contributed by atoms with Gasteiger partial charge >= 0.3 is 0 Å². The van der Waals surface area contributed by atoms with E-state index in [1.807, 2.05) is 12.1 Å². The van der Waals surface area contributed by atoms with Gasteiger partial charge in [0.1, 0.15) is 0 Å². The first-order chi connectivity index (χ1) is 20.2. The lowest BCUT2D eigenvalue weighted by molar-refractivity contribution is 1.14. The molecular formula is C38H25N3. The molecule has 3 nitrogen and oxygen atoms in total. The maximum atomic E-state index is 9.97. The molecule has 0 bridgehead atoms. The van der Waals surface area contributed by atoms with Crippen molar-refractivity contribution in [2.45, 2.75) is 6.92 Å². The summed E-state index contributed by atoms with van der Waals surface area (Å²) in [4.78, 5) is 0. The number of hydrogen-bond acceptors (Lipinski definition) is 1. The van der Waals surface area contributed by atoms with Gasteiger partial charge in [0.15, 0.2) is 0 Å². The van der Waals surface area contributed by atoms with E-state index in [1.165, 1.54) is 38.1 Å². The van der Waals surface area contributed by atoms with E-state index in [1.54, 1.807) is 0 Å². The number of hydrogen-bond donors (Lipinski definition) is 0. The number of aromatic nitrogens is 2. The lowest BCUT2D eigenvalue weighted by Gasteiger charge is -2.20. The largest absolute Gasteiger partial charge is 0.309 e. The summed E-state index contributed by atoms with van der Waals surface area (Å²) in [5.74, 6) is 0. The van der Waals surface area contributed by atoms with Crippen molar-refractivity contribution in [2.24, 2.45) is 0 Å². The summed E-state index contributed by atoms with van der Waals surface area (Å²) in [5, 5.41) is 14.8. The zero-order chi connectivity index (χ0) is 27.5. The van der Waals surface area contributed by atoms with Crippen LogP contribution in [-0.4, -0.2) is 9.13 Å². The summed E-state index contributed by atoms with van der Waals surface area (Å²) in [5.41, 5.74) is 10.8. The van der Waals surface area contributed by atoms with E-state index in [2.05, 4.69) is 143 Å². The Morgan fingerprint density at radius 1 is 0.488 bits per heavy atom. The van der Waals surface area contributed by atoms with Crippen LogP contribution >= 0.6 is 0 Å². The van der Waals surface area contributed by atoms with Gasteiger partial charge in [-0.25, -0.2) is 0 Å². The topological polar surface area (TPSA) is 33.6 Å². The Kier molecular flexibility index (Phi) is 5.10. The zero-order valence-corrected chi connectivity index (χ0v) is 22.5. The quantitative estimate of drug-likeness (QED) is 0.227. The van der Waals surface area contributed by atoms with Gasteiger partial charge < -0.3 is 9.13 Å². The second kappa shape index (κ2) is 8.98. The fraction of sp³-hybridized carbons (Fsp3) is 0.0263. The normalized spacial score (nSPS) is 11.5. The molecule has 8 aromatic rings. The van der Waals surface area contributed by atoms with Crippen molar-refractivity contribution in [1.29, 1.82) is 5.26 Å². The Labute approximate surface area is 237 Å². The van der Waals surface area contributed by atoms with Gasteiger partial charge in [-0.1, -0.05) is 97.1 Å². The maximum Gasteiger partial charge on any atom is 0.0992 e. The Balaban J connectivity index is 1.52. The van der Waals surface area contributed by atoms with E-state index < -0.39 is 0 Å². The van der Waals surface area contributed by atoms with Crippen LogP contribution in [0.2, 0.25) is 0 Å². The Morgan fingerprint density at radius 2 is 0.976 bits per heavy atom. The minimum absolute atomic E-state index is 0.636. The van der Waals surface area contributed by atoms with Gasteiger partial charge in [0.05, 0.1) is 45.1 Å². The highest BCUT2D eigenvalue weighted by atomic mass is 15.0. The molecule has 0 aliphatic carbocycles. The second-order valence-electron chi connectivity index (χ2n) is 10.6. The molecule has 192 valence electrons. The number of fused-ring (bicyclic) bond motifs is 6. The predicted octanol–water partition coefficient (Wildman–Crippen LogP) is 9.73. The summed E-state index contributed by atoms with van der Waals surface area (Å²) in [6.07, 6.45) is 0. The lowest BCUT2D eigenvalue weighted by Crippen LogP contribution is -2.03. The maximum absolute atomic E-state index is 9.97. The van der Waals surface area contributed by atoms with Crippen LogP contribution in [0.4, 0.5) is 0 Å². The van der Waals surface area contributed by atoms with Crippen LogP contribution in [0.15, 0.2) is 133 Å². The van der Waals surface area contributed by atoms with Gasteiger partial charge in [0.25, 0.3) is 0 Å². The first kappa shape index (κ1) is 23.3. The van der Waals surface area contributed by atoms with Crippen LogP contribution in [0.5, 0.6) is 0 Å². The number of aryl methyl sites for hydroxylation is 1. The summed E-state index contributed by atoms with van der Waals surface area (Å²) < 4.78 is 4.72. The van der Waals surface area contributed by atoms with Crippen LogP contribution in [0.25, 0.3) is 66.1 Å². The molecule has 0 atom stereocenters. The molecule has 0 saturated carbocycles. The molecule has 0 saturated heterocycles. The van der Waals surface area contributed by atoms with E-state index in [9.17, 15) is 5.26 Å². The molecular weight excluding hydrogens is 498 g/mol. The van der Waals surface area contributed by atoms with Crippen LogP contribution < -0.4 is 0 Å². The van der Waals surface area contributed by atoms with Crippen molar-refractivity contribution in [1.82, 2.24) is 9.13 Å². The second-order valence-corrected chi connectivity index (χ2v) is 10.6. The lowest BCUT2D eigenvalue weighted by atomic mass is 9.97. The van der Waals surface area contributed by atoms with Crippen LogP contribution in [-0.2, 0) is 0 Å². The third kappa shape index (κ3) is 3.38. The van der Waals surface area contributed by atoms with Gasteiger partial charge in [-0.3, -0.25) is 0 Å². The summed E-state index contributed by atoms with van der Waals surface area (Å²) in [7, 11) is 0. The minimum Gasteiger partial charge on any atom is -0.309 e. The third-order valence-electron chi connectivity index (χ3n) is 8.28. The third-order valence-corrected chi connectivity index (χ3v) is 8.28. The van der Waals surface area contributed by atoms with Crippen molar-refractivity contribution in [3.8, 4) is 28.6 Å². The SMILES string of the molecule is Cc1cccc(-c2ccc(C#N)cc2-n2c3ccccc3c3ccccc32)c1-n1c2ccccc2c2ccccc21. The van der Waals surface area contributed by atoms with Gasteiger partial charge in [-0.15, -0.1) is 0 Å². The smallest absolute Gasteiger partial charge is 0.0992 e. The first-order valence-corrected chi connectivity index (χ1v) is 13.9. The van der Waals surface area contributed by atoms with Gasteiger partial charge in [-0.2, -0.15) is 5.26 Å². The molecule has 0 amide bonds. The summed E-state index contributed by atoms with van der Waals surface area (Å²) in [6.45, 7) is 2.19. The zero-order valence-electron chi connectivity index (χ0n) is 22.5. The molecule has 0 aliphatic rings. The Bertz CT molecular complexity index is 2240. The minimum atomic E-state index is 0.636. The van der Waals surface area contributed by atoms with Crippen molar-refractivity contribution < 1.29 is 0 Å². The predicted molar refractivity (Wildman–Crippen MR) is 170 cm³/mol. The van der Waals surface area contributed by atoms with E-state index in [-0.39, 0.29) is 0 Å². The van der Waals surface area contributed by atoms with E-state index in [4.69, 9.17) is 0 Å². The molecule has 8 rings (SSSR count). The van der Waals surface area contributed by atoms with Crippen molar-refractivity contribution in [3.63, 3.8) is 0 Å². The monoisotopic (exact) mass is 523 g/mol. The van der Waals surface area contributed by atoms with Crippen LogP contribution in [0.3, 0.4) is 0 Å². The molecule has 3 heteroatoms. The molecule has 41 heavy (non-hydrogen) atoms. The number of para-hydroxylation sites is 5. The highest BCUT2D eigenvalue weighted by Crippen LogP contribution is 2.41. The number of nitrogens with zero attached hydrogens (tertiary/aromatic N) is 3. The number of benzene rings is 6. The van der Waals surface area contributed by atoms with Gasteiger partial charge in [0.2, 0.25) is 0 Å². The Hall–Kier alpha value is -5.59. The fourth-order valence-electron chi connectivity index (χ4n) is 6.53. The van der Waals surface area contributed by atoms with Gasteiger partial charge in [-0.05, 0) is 48.9 Å². The van der Waals surface area contributed by atoms with E-state index >= 15 is 0 Å². The first-order valence-electron chi connectivity index (χ1n) is 13.9. The summed E-state index contributed by atoms with van der Waals surface area (Å²) >= 11 is 0. The average Bonchev–Trinajstić information content (AvgIpc) is 3.54. The van der Waals surface area contributed by atoms with Crippen LogP contribution in [0.1, 0.15) is 11.1 Å². The molecule has 0 spiro atoms. The van der Waals surface area contributed by atoms with Crippen molar-refractivity contribution in [2.75, 3.05) is 0 Å². The Morgan fingerprint density at radius 3 is 1.49 bits per heavy atom. The molecule has 6 aromatic carbocycles. The number of rotatable bonds is 3. The molecule has 2 heterocycles. The molecule has 2 aromatic heterocycles. The van der Waals surface area contributed by atoms with Gasteiger partial charge in [0, 0.05) is 32.7 Å².